The van der Waals surface area contributed by atoms with Crippen LogP contribution in [-0.2, 0) is 0 Å². The van der Waals surface area contributed by atoms with E-state index in [9.17, 15) is 19.2 Å². The zero-order valence-corrected chi connectivity index (χ0v) is 25.3. The van der Waals surface area contributed by atoms with E-state index < -0.39 is 0 Å². The van der Waals surface area contributed by atoms with Crippen LogP contribution in [0.5, 0.6) is 0 Å². The van der Waals surface area contributed by atoms with Crippen molar-refractivity contribution in [3.8, 4) is 0 Å². The quantitative estimate of drug-likeness (QED) is 0.161. The number of fused-ring (bicyclic) bond motifs is 2. The van der Waals surface area contributed by atoms with E-state index in [2.05, 4.69) is 24.1 Å². The normalized spacial score (nSPS) is 14.8. The molecule has 45 heavy (non-hydrogen) atoms. The van der Waals surface area contributed by atoms with Gasteiger partial charge in [0.25, 0.3) is 23.6 Å². The summed E-state index contributed by atoms with van der Waals surface area (Å²) in [4.78, 5) is 58.3. The number of carbonyl (C=O) groups excluding carboxylic acids is 4. The van der Waals surface area contributed by atoms with Crippen LogP contribution >= 0.6 is 0 Å². The highest BCUT2D eigenvalue weighted by molar-refractivity contribution is 6.29. The minimum absolute atomic E-state index is 0.226. The third-order valence-electron chi connectivity index (χ3n) is 9.03. The number of nitrogens with zero attached hydrogens (tertiary/aromatic N) is 3. The van der Waals surface area contributed by atoms with Crippen molar-refractivity contribution >= 4 is 56.1 Å². The van der Waals surface area contributed by atoms with Crippen LogP contribution in [0.4, 0.5) is 0 Å². The van der Waals surface area contributed by atoms with Gasteiger partial charge >= 0.3 is 0 Å². The van der Waals surface area contributed by atoms with E-state index >= 15 is 0 Å². The third kappa shape index (κ3) is 4.88. The van der Waals surface area contributed by atoms with Gasteiger partial charge in [-0.25, -0.2) is 0 Å². The van der Waals surface area contributed by atoms with Crippen molar-refractivity contribution in [1.82, 2.24) is 20.0 Å². The van der Waals surface area contributed by atoms with E-state index in [1.165, 1.54) is 9.80 Å². The predicted octanol–water partition coefficient (Wildman–Crippen LogP) is 5.32. The zero-order chi connectivity index (χ0) is 31.2. The van der Waals surface area contributed by atoms with Gasteiger partial charge in [0.15, 0.2) is 0 Å². The van der Waals surface area contributed by atoms with Crippen LogP contribution in [0.25, 0.3) is 32.5 Å². The maximum absolute atomic E-state index is 13.4. The van der Waals surface area contributed by atoms with Gasteiger partial charge in [0.05, 0.1) is 6.26 Å². The molecule has 9 nitrogen and oxygen atoms in total. The van der Waals surface area contributed by atoms with E-state index in [-0.39, 0.29) is 36.2 Å². The summed E-state index contributed by atoms with van der Waals surface area (Å²) in [5, 5.41) is 7.28. The average molecular weight is 603 g/mol. The maximum Gasteiger partial charge on any atom is 0.261 e. The molecule has 0 aliphatic carbocycles. The molecule has 0 bridgehead atoms. The fraction of sp³-hybridized carbons (Fsp3) is 0.278. The Balaban J connectivity index is 0.929. The molecular weight excluding hydrogens is 568 g/mol. The Bertz CT molecular complexity index is 1960. The van der Waals surface area contributed by atoms with Crippen molar-refractivity contribution in [2.75, 3.05) is 39.3 Å². The number of hydrogen-bond donors (Lipinski definition) is 1. The van der Waals surface area contributed by atoms with Crippen molar-refractivity contribution in [3.05, 3.63) is 95.2 Å². The molecular formula is C36H34N4O5. The lowest BCUT2D eigenvalue weighted by atomic mass is 9.92. The van der Waals surface area contributed by atoms with Crippen LogP contribution in [0.1, 0.15) is 61.7 Å². The van der Waals surface area contributed by atoms with Crippen LogP contribution in [0.3, 0.4) is 0 Å². The largest absolute Gasteiger partial charge is 0.464 e. The van der Waals surface area contributed by atoms with Crippen molar-refractivity contribution in [1.29, 1.82) is 0 Å². The molecule has 4 amide bonds. The molecule has 5 aromatic rings. The number of carbonyl (C=O) groups is 4. The first kappa shape index (κ1) is 28.9. The lowest BCUT2D eigenvalue weighted by Gasteiger charge is -2.32. The lowest BCUT2D eigenvalue weighted by molar-refractivity contribution is 0.0579. The van der Waals surface area contributed by atoms with Crippen molar-refractivity contribution in [2.24, 2.45) is 0 Å². The third-order valence-corrected chi connectivity index (χ3v) is 9.03. The Morgan fingerprint density at radius 2 is 1.31 bits per heavy atom. The number of imide groups is 2. The van der Waals surface area contributed by atoms with E-state index in [0.29, 0.717) is 59.4 Å². The average Bonchev–Trinajstić information content (AvgIpc) is 3.53. The summed E-state index contributed by atoms with van der Waals surface area (Å²) in [5.41, 5.74) is 2.86. The number of amides is 4. The second kappa shape index (κ2) is 11.6. The van der Waals surface area contributed by atoms with Crippen LogP contribution < -0.4 is 5.32 Å². The van der Waals surface area contributed by atoms with Crippen LogP contribution in [-0.4, -0.2) is 83.6 Å². The van der Waals surface area contributed by atoms with Crippen LogP contribution in [0.2, 0.25) is 0 Å². The van der Waals surface area contributed by atoms with Gasteiger partial charge < -0.3 is 9.73 Å². The summed E-state index contributed by atoms with van der Waals surface area (Å²) in [5.74, 6) is -1.08. The number of benzene rings is 4. The molecule has 4 aromatic carbocycles. The fourth-order valence-electron chi connectivity index (χ4n) is 6.71. The van der Waals surface area contributed by atoms with E-state index in [1.54, 1.807) is 24.5 Å². The summed E-state index contributed by atoms with van der Waals surface area (Å²) in [7, 11) is 0. The van der Waals surface area contributed by atoms with Gasteiger partial charge in [0.2, 0.25) is 0 Å². The second-order valence-corrected chi connectivity index (χ2v) is 12.0. The maximum atomic E-state index is 13.4. The van der Waals surface area contributed by atoms with E-state index in [4.69, 9.17) is 4.42 Å². The minimum Gasteiger partial charge on any atom is -0.464 e. The Kier molecular flexibility index (Phi) is 7.43. The molecule has 1 N–H and O–H groups in total. The highest BCUT2D eigenvalue weighted by atomic mass is 16.3. The van der Waals surface area contributed by atoms with Crippen molar-refractivity contribution in [2.45, 2.75) is 26.3 Å². The molecule has 0 unspecified atom stereocenters. The topological polar surface area (TPSA) is 103 Å². The summed E-state index contributed by atoms with van der Waals surface area (Å²) in [6.45, 7) is 7.28. The fourth-order valence-corrected chi connectivity index (χ4v) is 6.71. The highest BCUT2D eigenvalue weighted by Crippen LogP contribution is 2.36. The summed E-state index contributed by atoms with van der Waals surface area (Å²) >= 11 is 0. The second-order valence-electron chi connectivity index (χ2n) is 12.0. The Labute approximate surface area is 260 Å². The molecule has 228 valence electrons. The Morgan fingerprint density at radius 3 is 2.00 bits per heavy atom. The Morgan fingerprint density at radius 1 is 0.689 bits per heavy atom. The van der Waals surface area contributed by atoms with Gasteiger partial charge in [-0.05, 0) is 69.1 Å². The molecule has 0 saturated carbocycles. The predicted molar refractivity (Wildman–Crippen MR) is 173 cm³/mol. The van der Waals surface area contributed by atoms with Gasteiger partial charge in [-0.1, -0.05) is 36.4 Å². The van der Waals surface area contributed by atoms with Crippen LogP contribution in [0, 0.1) is 0 Å². The Hall–Kier alpha value is -4.86. The molecule has 2 aliphatic rings. The van der Waals surface area contributed by atoms with Gasteiger partial charge in [-0.3, -0.25) is 33.9 Å². The SMILES string of the molecule is CC(C)N(CCCNCCN1C(=O)c2cccc3c2c(cc2ccoc23)C1=O)CCN1C(=O)c2cccc3cccc(c23)C1=O. The number of nitrogens with one attached hydrogen (secondary N) is 1. The summed E-state index contributed by atoms with van der Waals surface area (Å²) < 4.78 is 5.64. The first-order valence-corrected chi connectivity index (χ1v) is 15.5. The van der Waals surface area contributed by atoms with Crippen molar-refractivity contribution in [3.63, 3.8) is 0 Å². The van der Waals surface area contributed by atoms with E-state index in [1.807, 2.05) is 48.5 Å². The number of rotatable bonds is 11. The standard InChI is InChI=1S/C36H34N4O5/c1-22(2)38(18-19-40-33(41)26-10-3-7-23-8-4-11-27(30(23)26)34(40)42)16-6-14-37-15-17-39-35(43)28-12-5-9-25-31(28)29(36(39)44)21-24-13-20-45-32(24)25/h3-5,7-13,20-22,37H,6,14-19H2,1-2H3. The monoisotopic (exact) mass is 602 g/mol. The molecule has 1 aromatic heterocycles. The number of hydrogen-bond acceptors (Lipinski definition) is 7. The summed E-state index contributed by atoms with van der Waals surface area (Å²) in [6, 6.07) is 20.5. The van der Waals surface area contributed by atoms with Gasteiger partial charge in [0.1, 0.15) is 5.58 Å². The molecule has 3 heterocycles. The molecule has 0 atom stereocenters. The molecule has 7 rings (SSSR count). The van der Waals surface area contributed by atoms with Gasteiger partial charge in [0, 0.05) is 76.0 Å². The van der Waals surface area contributed by atoms with E-state index in [0.717, 1.165) is 34.5 Å². The molecule has 0 radical (unpaired) electrons. The molecule has 0 spiro atoms. The van der Waals surface area contributed by atoms with Gasteiger partial charge in [-0.15, -0.1) is 0 Å². The highest BCUT2D eigenvalue weighted by Gasteiger charge is 2.34. The first-order chi connectivity index (χ1) is 21.8. The number of furan rings is 1. The van der Waals surface area contributed by atoms with Crippen molar-refractivity contribution < 1.29 is 23.6 Å². The molecule has 2 aliphatic heterocycles. The zero-order valence-electron chi connectivity index (χ0n) is 25.3. The summed E-state index contributed by atoms with van der Waals surface area (Å²) in [6.07, 6.45) is 2.42. The minimum atomic E-state index is -0.294. The molecule has 9 heteroatoms. The smallest absolute Gasteiger partial charge is 0.261 e. The lowest BCUT2D eigenvalue weighted by Crippen LogP contribution is -2.46. The van der Waals surface area contributed by atoms with Crippen LogP contribution in [0.15, 0.2) is 77.4 Å². The van der Waals surface area contributed by atoms with Gasteiger partial charge in [-0.2, -0.15) is 0 Å². The molecule has 0 saturated heterocycles. The molecule has 0 fully saturated rings. The first-order valence-electron chi connectivity index (χ1n) is 15.5.